The second-order valence-corrected chi connectivity index (χ2v) is 17.9. The van der Waals surface area contributed by atoms with E-state index in [2.05, 4.69) is 74.1 Å². The first kappa shape index (κ1) is 42.8. The topological polar surface area (TPSA) is 175 Å². The highest BCUT2D eigenvalue weighted by Gasteiger charge is 2.39. The summed E-state index contributed by atoms with van der Waals surface area (Å²) in [6.07, 6.45) is 15.7. The summed E-state index contributed by atoms with van der Waals surface area (Å²) >= 11 is 0. The zero-order valence-corrected chi connectivity index (χ0v) is 36.3. The highest BCUT2D eigenvalue weighted by atomic mass is 16.6. The molecule has 2 saturated carbocycles. The number of imidazole rings is 2. The second kappa shape index (κ2) is 19.0. The molecule has 8 rings (SSSR count). The van der Waals surface area contributed by atoms with E-state index in [1.54, 1.807) is 11.1 Å². The number of hydrogen-bond acceptors (Lipinski definition) is 8. The van der Waals surface area contributed by atoms with Gasteiger partial charge in [0, 0.05) is 13.1 Å². The fourth-order valence-electron chi connectivity index (χ4n) is 9.29. The Hall–Kier alpha value is -5.92. The van der Waals surface area contributed by atoms with Crippen molar-refractivity contribution in [2.75, 3.05) is 13.1 Å². The number of ether oxygens (including phenoxy) is 2. The third-order valence-corrected chi connectivity index (χ3v) is 12.9. The third-order valence-electron chi connectivity index (χ3n) is 12.9. The summed E-state index contributed by atoms with van der Waals surface area (Å²) in [5.41, 5.74) is 5.76. The zero-order valence-electron chi connectivity index (χ0n) is 36.3. The van der Waals surface area contributed by atoms with Crippen LogP contribution >= 0.6 is 0 Å². The number of likely N-dealkylation sites (tertiary alicyclic amines) is 1. The van der Waals surface area contributed by atoms with Crippen LogP contribution in [0.3, 0.4) is 0 Å². The van der Waals surface area contributed by atoms with Crippen molar-refractivity contribution in [1.29, 1.82) is 0 Å². The Morgan fingerprint density at radius 3 is 1.56 bits per heavy atom. The van der Waals surface area contributed by atoms with Crippen LogP contribution in [0.25, 0.3) is 33.6 Å². The van der Waals surface area contributed by atoms with Gasteiger partial charge in [-0.1, -0.05) is 88.4 Å². The summed E-state index contributed by atoms with van der Waals surface area (Å²) in [5, 5.41) is 5.72. The Labute approximate surface area is 363 Å². The number of carbonyl (C=O) groups excluding carboxylic acids is 4. The number of nitrogens with zero attached hydrogens (tertiary/aromatic N) is 4. The summed E-state index contributed by atoms with van der Waals surface area (Å²) in [4.78, 5) is 73.1. The van der Waals surface area contributed by atoms with Crippen molar-refractivity contribution in [2.24, 2.45) is 11.8 Å². The first-order valence-corrected chi connectivity index (χ1v) is 22.6. The van der Waals surface area contributed by atoms with Crippen molar-refractivity contribution in [2.45, 2.75) is 128 Å². The van der Waals surface area contributed by atoms with Gasteiger partial charge >= 0.3 is 12.2 Å². The van der Waals surface area contributed by atoms with Gasteiger partial charge in [0.15, 0.2) is 0 Å². The number of benzene rings is 2. The van der Waals surface area contributed by atoms with E-state index in [0.717, 1.165) is 104 Å². The van der Waals surface area contributed by atoms with E-state index >= 15 is 0 Å². The lowest BCUT2D eigenvalue weighted by Gasteiger charge is -2.30. The molecule has 0 spiro atoms. The molecule has 14 heteroatoms. The molecule has 2 aromatic carbocycles. The van der Waals surface area contributed by atoms with Crippen LogP contribution in [0.1, 0.15) is 116 Å². The van der Waals surface area contributed by atoms with E-state index in [1.165, 1.54) is 0 Å². The molecule has 4 heterocycles. The number of amides is 4. The van der Waals surface area contributed by atoms with E-state index < -0.39 is 24.3 Å². The molecule has 62 heavy (non-hydrogen) atoms. The number of rotatable bonds is 13. The predicted octanol–water partition coefficient (Wildman–Crippen LogP) is 8.62. The first-order valence-electron chi connectivity index (χ1n) is 22.6. The highest BCUT2D eigenvalue weighted by Crippen LogP contribution is 2.34. The molecule has 4 aromatic rings. The van der Waals surface area contributed by atoms with Crippen LogP contribution in [0.15, 0.2) is 73.1 Å². The van der Waals surface area contributed by atoms with Crippen LogP contribution in [-0.2, 0) is 19.1 Å². The van der Waals surface area contributed by atoms with E-state index in [9.17, 15) is 19.2 Å². The van der Waals surface area contributed by atoms with Gasteiger partial charge in [0.25, 0.3) is 0 Å². The van der Waals surface area contributed by atoms with Crippen LogP contribution < -0.4 is 10.6 Å². The van der Waals surface area contributed by atoms with Gasteiger partial charge in [-0.3, -0.25) is 9.59 Å². The molecule has 2 aliphatic heterocycles. The van der Waals surface area contributed by atoms with Crippen molar-refractivity contribution >= 4 is 24.0 Å². The van der Waals surface area contributed by atoms with Gasteiger partial charge < -0.3 is 39.9 Å². The van der Waals surface area contributed by atoms with Crippen molar-refractivity contribution in [3.05, 3.63) is 84.7 Å². The second-order valence-electron chi connectivity index (χ2n) is 17.9. The molecule has 328 valence electrons. The molecule has 2 aliphatic carbocycles. The standard InChI is InChI=1S/C48H60N8O6/c1-29(2)41(53-47(59)61-35-11-5-6-12-35)45(57)55-25-9-15-39(55)43-49-27-37(51-43)33-21-17-31(18-22-33)32-19-23-34(24-20-32)38-28-50-44(52-38)40-16-10-26-56(40)46(58)42(30(3)4)54-48(60)62-36-13-7-8-14-36/h9,15,17-24,27-30,35-36,39-42H,5-8,10-14,16,25-26H2,1-4H3,(H,49,51)(H,50,52)(H,53,59)(H,54,60)/t39?,40?,41-,42-/m0/s1. The Morgan fingerprint density at radius 1 is 0.613 bits per heavy atom. The van der Waals surface area contributed by atoms with Gasteiger partial charge in [-0.15, -0.1) is 0 Å². The average molecular weight is 845 g/mol. The summed E-state index contributed by atoms with van der Waals surface area (Å²) in [6, 6.07) is 14.6. The summed E-state index contributed by atoms with van der Waals surface area (Å²) in [6.45, 7) is 8.76. The molecule has 3 fully saturated rings. The Kier molecular flexibility index (Phi) is 13.1. The van der Waals surface area contributed by atoms with Gasteiger partial charge in [-0.2, -0.15) is 0 Å². The van der Waals surface area contributed by atoms with Gasteiger partial charge in [0.2, 0.25) is 11.8 Å². The van der Waals surface area contributed by atoms with E-state index in [4.69, 9.17) is 14.5 Å². The minimum atomic E-state index is -0.716. The maximum Gasteiger partial charge on any atom is 0.408 e. The van der Waals surface area contributed by atoms with E-state index in [-0.39, 0.29) is 47.9 Å². The molecule has 4 N–H and O–H groups in total. The van der Waals surface area contributed by atoms with Gasteiger partial charge in [-0.05, 0) is 98.3 Å². The van der Waals surface area contributed by atoms with E-state index in [0.29, 0.717) is 18.9 Å². The number of H-pyrrole nitrogens is 2. The van der Waals surface area contributed by atoms with Crippen LogP contribution in [0.4, 0.5) is 9.59 Å². The fraction of sp³-hybridized carbons (Fsp3) is 0.500. The van der Waals surface area contributed by atoms with Crippen LogP contribution in [0.2, 0.25) is 0 Å². The maximum absolute atomic E-state index is 13.9. The quantitative estimate of drug-likeness (QED) is 0.0968. The number of hydrogen-bond donors (Lipinski definition) is 4. The lowest BCUT2D eigenvalue weighted by atomic mass is 10.0. The van der Waals surface area contributed by atoms with Crippen LogP contribution in [0.5, 0.6) is 0 Å². The average Bonchev–Trinajstić information content (AvgIpc) is 4.12. The molecule has 2 aromatic heterocycles. The lowest BCUT2D eigenvalue weighted by molar-refractivity contribution is -0.136. The smallest absolute Gasteiger partial charge is 0.408 e. The largest absolute Gasteiger partial charge is 0.446 e. The molecule has 1 saturated heterocycles. The predicted molar refractivity (Wildman–Crippen MR) is 235 cm³/mol. The normalized spacial score (nSPS) is 20.3. The summed E-state index contributed by atoms with van der Waals surface area (Å²) in [7, 11) is 0. The molecule has 4 atom stereocenters. The van der Waals surface area contributed by atoms with Gasteiger partial charge in [0.1, 0.15) is 42.0 Å². The number of aromatic nitrogens is 4. The molecule has 0 bridgehead atoms. The Morgan fingerprint density at radius 2 is 1.06 bits per heavy atom. The van der Waals surface area contributed by atoms with Crippen molar-refractivity contribution in [1.82, 2.24) is 40.4 Å². The highest BCUT2D eigenvalue weighted by molar-refractivity contribution is 5.87. The number of nitrogens with one attached hydrogen (secondary N) is 4. The van der Waals surface area contributed by atoms with Crippen LogP contribution in [0, 0.1) is 11.8 Å². The molecule has 2 unspecified atom stereocenters. The SMILES string of the molecule is CC(C)[C@H](NC(=O)OC1CCCC1)C(=O)N1CC=CC1c1ncc(-c2ccc(-c3ccc(-c4cnc(C5CCCN5C(=O)[C@@H](NC(=O)OC5CCCC5)C(C)C)[nH]4)cc3)cc2)[nH]1. The molecule has 14 nitrogen and oxygen atoms in total. The monoisotopic (exact) mass is 844 g/mol. The van der Waals surface area contributed by atoms with Crippen LogP contribution in [-0.4, -0.2) is 91.1 Å². The van der Waals surface area contributed by atoms with E-state index in [1.807, 2.05) is 50.9 Å². The molecule has 0 radical (unpaired) electrons. The van der Waals surface area contributed by atoms with Gasteiger partial charge in [-0.25, -0.2) is 19.6 Å². The summed E-state index contributed by atoms with van der Waals surface area (Å²) < 4.78 is 11.2. The maximum atomic E-state index is 13.9. The van der Waals surface area contributed by atoms with Crippen molar-refractivity contribution in [3.63, 3.8) is 0 Å². The fourth-order valence-corrected chi connectivity index (χ4v) is 9.29. The lowest BCUT2D eigenvalue weighted by Crippen LogP contribution is -2.51. The summed E-state index contributed by atoms with van der Waals surface area (Å²) in [5.74, 6) is 0.882. The Balaban J connectivity index is 0.881. The molecule has 4 amide bonds. The number of carbonyl (C=O) groups is 4. The minimum absolute atomic E-state index is 0.0708. The van der Waals surface area contributed by atoms with Gasteiger partial charge in [0.05, 0.1) is 29.8 Å². The molecule has 4 aliphatic rings. The first-order chi connectivity index (χ1) is 30.0. The number of aromatic amines is 2. The third kappa shape index (κ3) is 9.59. The minimum Gasteiger partial charge on any atom is -0.446 e. The molecular formula is C48H60N8O6. The number of alkyl carbamates (subject to hydrolysis) is 2. The molecular weight excluding hydrogens is 785 g/mol. The Bertz CT molecular complexity index is 2220. The zero-order chi connectivity index (χ0) is 43.3. The van der Waals surface area contributed by atoms with Crippen molar-refractivity contribution in [3.8, 4) is 33.6 Å². The van der Waals surface area contributed by atoms with Crippen molar-refractivity contribution < 1.29 is 28.7 Å².